The van der Waals surface area contributed by atoms with Gasteiger partial charge in [0.15, 0.2) is 22.8 Å². The monoisotopic (exact) mass is 604 g/mol. The topological polar surface area (TPSA) is 112 Å². The van der Waals surface area contributed by atoms with Crippen molar-refractivity contribution in [3.63, 3.8) is 0 Å². The number of amides is 1. The van der Waals surface area contributed by atoms with Crippen LogP contribution < -0.4 is 23.8 Å². The Labute approximate surface area is 252 Å². The molecular weight excluding hydrogens is 576 g/mol. The Morgan fingerprint density at radius 3 is 2.42 bits per heavy atom. The van der Waals surface area contributed by atoms with Gasteiger partial charge < -0.3 is 38.0 Å². The van der Waals surface area contributed by atoms with Crippen molar-refractivity contribution < 1.29 is 37.7 Å². The second-order valence-electron chi connectivity index (χ2n) is 9.99. The highest BCUT2D eigenvalue weighted by atomic mass is 35.5. The maximum absolute atomic E-state index is 14.1. The fourth-order valence-electron chi connectivity index (χ4n) is 5.61. The number of carbonyl (C=O) groups excluding carboxylic acids is 2. The average molecular weight is 605 g/mol. The Kier molecular flexibility index (Phi) is 7.53. The van der Waals surface area contributed by atoms with Gasteiger partial charge in [-0.05, 0) is 29.3 Å². The van der Waals surface area contributed by atoms with Crippen LogP contribution in [-0.4, -0.2) is 57.7 Å². The number of fused-ring (bicyclic) bond motifs is 4. The molecule has 0 bridgehead atoms. The van der Waals surface area contributed by atoms with Gasteiger partial charge in [-0.15, -0.1) is 11.6 Å². The second kappa shape index (κ2) is 11.4. The Morgan fingerprint density at radius 2 is 1.74 bits per heavy atom. The van der Waals surface area contributed by atoms with E-state index in [-0.39, 0.29) is 30.1 Å². The van der Waals surface area contributed by atoms with Crippen LogP contribution in [0.25, 0.3) is 21.9 Å². The summed E-state index contributed by atoms with van der Waals surface area (Å²) in [6.45, 7) is 0.564. The number of nitrogens with one attached hydrogen (secondary N) is 1. The minimum absolute atomic E-state index is 0.0270. The lowest BCUT2D eigenvalue weighted by atomic mass is 9.98. The van der Waals surface area contributed by atoms with Crippen molar-refractivity contribution in [3.8, 4) is 23.0 Å². The number of ether oxygens (including phenoxy) is 5. The van der Waals surface area contributed by atoms with Crippen molar-refractivity contribution in [1.29, 1.82) is 0 Å². The van der Waals surface area contributed by atoms with E-state index in [9.17, 15) is 9.59 Å². The molecule has 1 N–H and O–H groups in total. The zero-order chi connectivity index (χ0) is 30.2. The van der Waals surface area contributed by atoms with Crippen LogP contribution in [0.5, 0.6) is 23.0 Å². The van der Waals surface area contributed by atoms with E-state index in [4.69, 9.17) is 39.7 Å². The van der Waals surface area contributed by atoms with E-state index in [1.807, 2.05) is 30.3 Å². The van der Waals surface area contributed by atoms with Gasteiger partial charge >= 0.3 is 5.97 Å². The van der Waals surface area contributed by atoms with Gasteiger partial charge in [-0.25, -0.2) is 4.79 Å². The number of aromatic amines is 1. The minimum Gasteiger partial charge on any atom is -0.493 e. The van der Waals surface area contributed by atoms with E-state index in [1.54, 1.807) is 29.2 Å². The number of rotatable bonds is 9. The number of H-pyrrole nitrogens is 1. The van der Waals surface area contributed by atoms with E-state index >= 15 is 0 Å². The number of aromatic nitrogens is 1. The van der Waals surface area contributed by atoms with Crippen LogP contribution in [0.1, 0.15) is 38.1 Å². The summed E-state index contributed by atoms with van der Waals surface area (Å²) in [6.07, 6.45) is 0. The van der Waals surface area contributed by atoms with Crippen molar-refractivity contribution in [3.05, 3.63) is 77.2 Å². The molecule has 0 saturated heterocycles. The molecule has 0 spiro atoms. The molecule has 1 aliphatic rings. The van der Waals surface area contributed by atoms with Crippen LogP contribution >= 0.6 is 11.6 Å². The molecule has 0 unspecified atom stereocenters. The van der Waals surface area contributed by atoms with Crippen molar-refractivity contribution in [2.45, 2.75) is 12.5 Å². The largest absolute Gasteiger partial charge is 0.493 e. The van der Waals surface area contributed by atoms with Crippen molar-refractivity contribution in [2.24, 2.45) is 0 Å². The normalized spacial score (nSPS) is 14.2. The highest BCUT2D eigenvalue weighted by molar-refractivity contribution is 6.19. The number of esters is 1. The third-order valence-corrected chi connectivity index (χ3v) is 7.97. The molecule has 6 rings (SSSR count). The number of furan rings is 1. The number of benzene rings is 3. The van der Waals surface area contributed by atoms with Crippen molar-refractivity contribution in [1.82, 2.24) is 4.98 Å². The Balaban J connectivity index is 1.47. The number of alkyl halides is 1. The summed E-state index contributed by atoms with van der Waals surface area (Å²) in [4.78, 5) is 31.4. The predicted octanol–water partition coefficient (Wildman–Crippen LogP) is 6.29. The molecule has 0 fully saturated rings. The van der Waals surface area contributed by atoms with E-state index < -0.39 is 5.97 Å². The fourth-order valence-corrected chi connectivity index (χ4v) is 5.86. The SMILES string of the molecule is COC(=O)c1cc2c3c(cc(OCc4ccccc4)c2o1)N(C(=O)c1cc2cc(OC)c(OC)c(OC)c2[nH]1)C[C@H]3CCl. The molecule has 1 atom stereocenters. The van der Waals surface area contributed by atoms with Gasteiger partial charge in [-0.2, -0.15) is 0 Å². The van der Waals surface area contributed by atoms with E-state index in [0.717, 1.165) is 11.1 Å². The zero-order valence-electron chi connectivity index (χ0n) is 24.0. The number of hydrogen-bond acceptors (Lipinski definition) is 8. The molecule has 11 heteroatoms. The third kappa shape index (κ3) is 4.77. The molecule has 1 amide bonds. The smallest absolute Gasteiger partial charge is 0.373 e. The lowest BCUT2D eigenvalue weighted by Gasteiger charge is -2.18. The highest BCUT2D eigenvalue weighted by Gasteiger charge is 2.37. The highest BCUT2D eigenvalue weighted by Crippen LogP contribution is 2.48. The molecule has 2 aromatic heterocycles. The first-order valence-corrected chi connectivity index (χ1v) is 14.0. The first kappa shape index (κ1) is 28.3. The Hall–Kier alpha value is -4.83. The lowest BCUT2D eigenvalue weighted by Crippen LogP contribution is -2.30. The fraction of sp³-hybridized carbons (Fsp3) is 0.250. The second-order valence-corrected chi connectivity index (χ2v) is 10.3. The number of methoxy groups -OCH3 is 4. The maximum Gasteiger partial charge on any atom is 0.373 e. The van der Waals surface area contributed by atoms with Crippen molar-refractivity contribution in [2.75, 3.05) is 45.8 Å². The molecule has 0 saturated carbocycles. The molecule has 43 heavy (non-hydrogen) atoms. The van der Waals surface area contributed by atoms with Gasteiger partial charge in [-0.3, -0.25) is 4.79 Å². The molecule has 0 aliphatic carbocycles. The van der Waals surface area contributed by atoms with Gasteiger partial charge in [0.2, 0.25) is 11.5 Å². The van der Waals surface area contributed by atoms with Gasteiger partial charge in [0.05, 0.1) is 39.6 Å². The minimum atomic E-state index is -0.620. The Morgan fingerprint density at radius 1 is 0.977 bits per heavy atom. The molecule has 222 valence electrons. The summed E-state index contributed by atoms with van der Waals surface area (Å²) in [5.41, 5.74) is 3.66. The van der Waals surface area contributed by atoms with Crippen LogP contribution in [-0.2, 0) is 11.3 Å². The molecule has 3 heterocycles. The van der Waals surface area contributed by atoms with Crippen LogP contribution in [0.2, 0.25) is 0 Å². The molecule has 3 aromatic carbocycles. The zero-order valence-corrected chi connectivity index (χ0v) is 24.7. The Bertz CT molecular complexity index is 1850. The molecule has 5 aromatic rings. The average Bonchev–Trinajstić information content (AvgIpc) is 3.77. The number of carbonyl (C=O) groups is 2. The third-order valence-electron chi connectivity index (χ3n) is 7.60. The number of hydrogen-bond donors (Lipinski definition) is 1. The summed E-state index contributed by atoms with van der Waals surface area (Å²) in [5.74, 6) is 0.826. The van der Waals surface area contributed by atoms with Gasteiger partial charge in [0.25, 0.3) is 5.91 Å². The maximum atomic E-state index is 14.1. The molecule has 1 aliphatic heterocycles. The first-order chi connectivity index (χ1) is 20.9. The van der Waals surface area contributed by atoms with Crippen molar-refractivity contribution >= 4 is 51.0 Å². The summed E-state index contributed by atoms with van der Waals surface area (Å²) in [7, 11) is 5.87. The molecule has 10 nitrogen and oxygen atoms in total. The van der Waals surface area contributed by atoms with Gasteiger partial charge in [0.1, 0.15) is 12.3 Å². The van der Waals surface area contributed by atoms with Gasteiger partial charge in [0, 0.05) is 35.2 Å². The van der Waals surface area contributed by atoms with Crippen LogP contribution in [0, 0.1) is 0 Å². The summed E-state index contributed by atoms with van der Waals surface area (Å²) >= 11 is 6.46. The van der Waals surface area contributed by atoms with E-state index in [2.05, 4.69) is 4.98 Å². The number of anilines is 1. The summed E-state index contributed by atoms with van der Waals surface area (Å²) < 4.78 is 33.7. The van der Waals surface area contributed by atoms with Crippen LogP contribution in [0.4, 0.5) is 5.69 Å². The van der Waals surface area contributed by atoms with Crippen LogP contribution in [0.3, 0.4) is 0 Å². The first-order valence-electron chi connectivity index (χ1n) is 13.5. The molecule has 0 radical (unpaired) electrons. The summed E-state index contributed by atoms with van der Waals surface area (Å²) in [5, 5.41) is 1.35. The quantitative estimate of drug-likeness (QED) is 0.154. The standard InChI is InChI=1S/C32H29ClN2O8/c1-38-23-11-18-10-21(34-27(18)30(40-3)29(23)39-2)31(36)35-15-19(14-33)26-20-12-25(32(37)41-4)43-28(20)24(13-22(26)35)42-16-17-8-6-5-7-9-17/h5-13,19,34H,14-16H2,1-4H3/t19-/m1/s1. The van der Waals surface area contributed by atoms with Gasteiger partial charge in [-0.1, -0.05) is 30.3 Å². The van der Waals surface area contributed by atoms with E-state index in [0.29, 0.717) is 62.8 Å². The predicted molar refractivity (Wildman–Crippen MR) is 161 cm³/mol. The summed E-state index contributed by atoms with van der Waals surface area (Å²) in [6, 6.07) is 16.6. The van der Waals surface area contributed by atoms with Crippen LogP contribution in [0.15, 0.2) is 59.0 Å². The lowest BCUT2D eigenvalue weighted by molar-refractivity contribution is 0.0567. The number of nitrogens with zero attached hydrogens (tertiary/aromatic N) is 1. The molecular formula is C32H29ClN2O8. The van der Waals surface area contributed by atoms with E-state index in [1.165, 1.54) is 28.4 Å². The number of halogens is 1.